The molecule has 1 atom stereocenters. The average Bonchev–Trinajstić information content (AvgIpc) is 3.02. The molecule has 4 rings (SSSR count). The van der Waals surface area contributed by atoms with Gasteiger partial charge in [-0.15, -0.1) is 0 Å². The zero-order valence-corrected chi connectivity index (χ0v) is 13.8. The Kier molecular flexibility index (Phi) is 3.64. The molecule has 0 unspecified atom stereocenters. The van der Waals surface area contributed by atoms with Crippen molar-refractivity contribution in [3.05, 3.63) is 46.0 Å². The van der Waals surface area contributed by atoms with Crippen molar-refractivity contribution >= 4 is 11.6 Å². The summed E-state index contributed by atoms with van der Waals surface area (Å²) in [6.07, 6.45) is 4.46. The SMILES string of the molecule is Cc1cccc2ncc(C(=O)N3CCC[C@]4(CCOC4)C3)c(=O)n12. The molecule has 4 heterocycles. The topological polar surface area (TPSA) is 63.9 Å². The van der Waals surface area contributed by atoms with E-state index >= 15 is 0 Å². The number of aromatic nitrogens is 2. The van der Waals surface area contributed by atoms with Gasteiger partial charge in [-0.3, -0.25) is 14.0 Å². The van der Waals surface area contributed by atoms with Crippen molar-refractivity contribution in [3.63, 3.8) is 0 Å². The first-order valence-electron chi connectivity index (χ1n) is 8.44. The Hall–Kier alpha value is -2.21. The van der Waals surface area contributed by atoms with Gasteiger partial charge in [0.2, 0.25) is 0 Å². The molecule has 2 aliphatic heterocycles. The normalized spacial score (nSPS) is 24.0. The van der Waals surface area contributed by atoms with Gasteiger partial charge in [0.25, 0.3) is 11.5 Å². The highest BCUT2D eigenvalue weighted by Crippen LogP contribution is 2.37. The molecule has 2 fully saturated rings. The fourth-order valence-electron chi connectivity index (χ4n) is 3.94. The Labute approximate surface area is 140 Å². The van der Waals surface area contributed by atoms with Crippen LogP contribution in [0.5, 0.6) is 0 Å². The van der Waals surface area contributed by atoms with Gasteiger partial charge in [-0.05, 0) is 38.3 Å². The average molecular weight is 327 g/mol. The van der Waals surface area contributed by atoms with Crippen LogP contribution in [0.2, 0.25) is 0 Å². The maximum Gasteiger partial charge on any atom is 0.270 e. The minimum absolute atomic E-state index is 0.0737. The molecule has 2 aromatic heterocycles. The number of piperidine rings is 1. The quantitative estimate of drug-likeness (QED) is 0.799. The predicted octanol–water partition coefficient (Wildman–Crippen LogP) is 1.65. The van der Waals surface area contributed by atoms with Crippen LogP contribution in [0.15, 0.2) is 29.2 Å². The van der Waals surface area contributed by atoms with Gasteiger partial charge in [-0.25, -0.2) is 4.98 Å². The number of ether oxygens (including phenoxy) is 1. The van der Waals surface area contributed by atoms with Crippen LogP contribution in [0, 0.1) is 12.3 Å². The summed E-state index contributed by atoms with van der Waals surface area (Å²) in [7, 11) is 0. The number of aryl methyl sites for hydroxylation is 1. The molecule has 2 aromatic rings. The fraction of sp³-hybridized carbons (Fsp3) is 0.500. The second-order valence-electron chi connectivity index (χ2n) is 6.97. The molecular formula is C18H21N3O3. The fourth-order valence-corrected chi connectivity index (χ4v) is 3.94. The number of pyridine rings is 1. The van der Waals surface area contributed by atoms with E-state index in [0.717, 1.165) is 31.6 Å². The predicted molar refractivity (Wildman–Crippen MR) is 89.2 cm³/mol. The van der Waals surface area contributed by atoms with Gasteiger partial charge < -0.3 is 9.64 Å². The number of fused-ring (bicyclic) bond motifs is 1. The smallest absolute Gasteiger partial charge is 0.270 e. The van der Waals surface area contributed by atoms with Crippen molar-refractivity contribution in [1.82, 2.24) is 14.3 Å². The minimum Gasteiger partial charge on any atom is -0.381 e. The van der Waals surface area contributed by atoms with Gasteiger partial charge >= 0.3 is 0 Å². The van der Waals surface area contributed by atoms with Crippen molar-refractivity contribution in [1.29, 1.82) is 0 Å². The molecule has 6 nitrogen and oxygen atoms in total. The second-order valence-corrected chi connectivity index (χ2v) is 6.97. The van der Waals surface area contributed by atoms with Crippen LogP contribution in [0.3, 0.4) is 0 Å². The molecule has 0 N–H and O–H groups in total. The number of hydrogen-bond donors (Lipinski definition) is 0. The standard InChI is InChI=1S/C18H21N3O3/c1-13-4-2-5-15-19-10-14(17(23)21(13)15)16(22)20-8-3-6-18(11-20)7-9-24-12-18/h2,4-5,10H,3,6-9,11-12H2,1H3/t18-/m0/s1. The number of carbonyl (C=O) groups excluding carboxylic acids is 1. The molecule has 1 spiro atoms. The molecular weight excluding hydrogens is 306 g/mol. The monoisotopic (exact) mass is 327 g/mol. The van der Waals surface area contributed by atoms with E-state index in [9.17, 15) is 9.59 Å². The van der Waals surface area contributed by atoms with Crippen molar-refractivity contribution in [2.75, 3.05) is 26.3 Å². The zero-order chi connectivity index (χ0) is 16.7. The number of amides is 1. The summed E-state index contributed by atoms with van der Waals surface area (Å²) >= 11 is 0. The number of hydrogen-bond acceptors (Lipinski definition) is 4. The van der Waals surface area contributed by atoms with Crippen molar-refractivity contribution in [2.24, 2.45) is 5.41 Å². The third kappa shape index (κ3) is 2.41. The molecule has 0 radical (unpaired) electrons. The van der Waals surface area contributed by atoms with E-state index in [1.807, 2.05) is 19.1 Å². The molecule has 126 valence electrons. The van der Waals surface area contributed by atoms with Crippen LogP contribution >= 0.6 is 0 Å². The highest BCUT2D eigenvalue weighted by atomic mass is 16.5. The first-order valence-corrected chi connectivity index (χ1v) is 8.44. The maximum absolute atomic E-state index is 12.9. The van der Waals surface area contributed by atoms with Crippen molar-refractivity contribution in [3.8, 4) is 0 Å². The van der Waals surface area contributed by atoms with E-state index in [1.165, 1.54) is 10.6 Å². The van der Waals surface area contributed by atoms with E-state index < -0.39 is 0 Å². The minimum atomic E-state index is -0.287. The summed E-state index contributed by atoms with van der Waals surface area (Å²) in [5.74, 6) is -0.212. The van der Waals surface area contributed by atoms with E-state index in [-0.39, 0.29) is 22.4 Å². The Morgan fingerprint density at radius 3 is 3.00 bits per heavy atom. The summed E-state index contributed by atoms with van der Waals surface area (Å²) in [6, 6.07) is 5.47. The van der Waals surface area contributed by atoms with Crippen LogP contribution < -0.4 is 5.56 Å². The maximum atomic E-state index is 12.9. The summed E-state index contributed by atoms with van der Waals surface area (Å²) in [5.41, 5.74) is 1.28. The molecule has 0 bridgehead atoms. The van der Waals surface area contributed by atoms with Crippen LogP contribution in [-0.2, 0) is 4.74 Å². The van der Waals surface area contributed by atoms with Gasteiger partial charge in [0.15, 0.2) is 0 Å². The molecule has 2 aliphatic rings. The zero-order valence-electron chi connectivity index (χ0n) is 13.8. The van der Waals surface area contributed by atoms with Crippen LogP contribution in [0.1, 0.15) is 35.3 Å². The lowest BCUT2D eigenvalue weighted by molar-refractivity contribution is 0.0460. The molecule has 6 heteroatoms. The number of nitrogens with zero attached hydrogens (tertiary/aromatic N) is 3. The van der Waals surface area contributed by atoms with Crippen molar-refractivity contribution in [2.45, 2.75) is 26.2 Å². The van der Waals surface area contributed by atoms with Crippen molar-refractivity contribution < 1.29 is 9.53 Å². The highest BCUT2D eigenvalue weighted by Gasteiger charge is 2.40. The number of likely N-dealkylation sites (tertiary alicyclic amines) is 1. The van der Waals surface area contributed by atoms with Gasteiger partial charge in [0, 0.05) is 37.0 Å². The third-order valence-corrected chi connectivity index (χ3v) is 5.29. The summed E-state index contributed by atoms with van der Waals surface area (Å²) in [4.78, 5) is 31.8. The molecule has 2 saturated heterocycles. The Balaban J connectivity index is 1.69. The highest BCUT2D eigenvalue weighted by molar-refractivity contribution is 5.93. The summed E-state index contributed by atoms with van der Waals surface area (Å²) in [6.45, 7) is 4.68. The lowest BCUT2D eigenvalue weighted by atomic mass is 9.79. The van der Waals surface area contributed by atoms with E-state index in [0.29, 0.717) is 25.3 Å². The first kappa shape index (κ1) is 15.3. The van der Waals surface area contributed by atoms with Gasteiger partial charge in [0.1, 0.15) is 11.2 Å². The van der Waals surface area contributed by atoms with Gasteiger partial charge in [-0.2, -0.15) is 0 Å². The van der Waals surface area contributed by atoms with Crippen LogP contribution in [0.25, 0.3) is 5.65 Å². The number of carbonyl (C=O) groups is 1. The second kappa shape index (κ2) is 5.70. The number of rotatable bonds is 1. The Morgan fingerprint density at radius 1 is 1.33 bits per heavy atom. The molecule has 24 heavy (non-hydrogen) atoms. The lowest BCUT2D eigenvalue weighted by Crippen LogP contribution is -2.47. The summed E-state index contributed by atoms with van der Waals surface area (Å²) in [5, 5.41) is 0. The molecule has 1 amide bonds. The van der Waals surface area contributed by atoms with E-state index in [4.69, 9.17) is 4.74 Å². The first-order chi connectivity index (χ1) is 11.6. The Bertz CT molecular complexity index is 852. The van der Waals surface area contributed by atoms with Gasteiger partial charge in [0.05, 0.1) is 6.61 Å². The largest absolute Gasteiger partial charge is 0.381 e. The third-order valence-electron chi connectivity index (χ3n) is 5.29. The van der Waals surface area contributed by atoms with E-state index in [1.54, 1.807) is 11.0 Å². The molecule has 0 saturated carbocycles. The van der Waals surface area contributed by atoms with E-state index in [2.05, 4.69) is 4.98 Å². The van der Waals surface area contributed by atoms with Crippen LogP contribution in [0.4, 0.5) is 0 Å². The lowest BCUT2D eigenvalue weighted by Gasteiger charge is -2.39. The molecule has 0 aromatic carbocycles. The van der Waals surface area contributed by atoms with Gasteiger partial charge in [-0.1, -0.05) is 6.07 Å². The molecule has 0 aliphatic carbocycles. The summed E-state index contributed by atoms with van der Waals surface area (Å²) < 4.78 is 7.06. The van der Waals surface area contributed by atoms with Crippen LogP contribution in [-0.4, -0.2) is 46.5 Å². The Morgan fingerprint density at radius 2 is 2.21 bits per heavy atom.